The Labute approximate surface area is 234 Å². The largest absolute Gasteiger partial charge is 0.206 e. The molecular formula is C35H24F6. The van der Waals surface area contributed by atoms with E-state index in [1.807, 2.05) is 24.3 Å². The van der Waals surface area contributed by atoms with Crippen LogP contribution in [0.15, 0.2) is 72.8 Å². The minimum atomic E-state index is -1.77. The number of hydrogen-bond acceptors (Lipinski definition) is 0. The molecule has 5 rings (SSSR count). The summed E-state index contributed by atoms with van der Waals surface area (Å²) in [5.41, 5.74) is 3.80. The van der Waals surface area contributed by atoms with Crippen LogP contribution in [-0.4, -0.2) is 0 Å². The number of fused-ring (bicyclic) bond motifs is 1. The normalized spacial score (nSPS) is 11.0. The summed E-state index contributed by atoms with van der Waals surface area (Å²) in [5.74, 6) is -1.97. The molecule has 41 heavy (non-hydrogen) atoms. The number of aryl methyl sites for hydroxylation is 2. The van der Waals surface area contributed by atoms with Crippen LogP contribution < -0.4 is 0 Å². The smallest absolute Gasteiger partial charge is 0.195 e. The number of hydrogen-bond donors (Lipinski definition) is 0. The molecule has 0 nitrogen and oxygen atoms in total. The van der Waals surface area contributed by atoms with E-state index >= 15 is 8.78 Å². The maximum absolute atomic E-state index is 15.2. The first-order chi connectivity index (χ1) is 19.7. The maximum Gasteiger partial charge on any atom is 0.195 e. The second-order valence-corrected chi connectivity index (χ2v) is 9.94. The Bertz CT molecular complexity index is 1820. The maximum atomic E-state index is 15.2. The second-order valence-electron chi connectivity index (χ2n) is 9.94. The van der Waals surface area contributed by atoms with E-state index in [9.17, 15) is 17.6 Å². The number of unbranched alkanes of at least 4 members (excludes halogenated alkanes) is 1. The standard InChI is InChI=1S/C35H24F6/c1-3-4-5-21-6-9-23(10-7-21)24-11-13-28(30(37)17-24)25-14-20(2)27(29(36)18-25)12-8-22-15-26-19-32(39)34(40)35(41)33(26)31(38)16-22/h6-7,9-11,13-19H,3-5H2,1-2H3. The molecule has 0 radical (unpaired) electrons. The fraction of sp³-hybridized carbons (Fsp3) is 0.143. The van der Waals surface area contributed by atoms with Crippen LogP contribution in [0.5, 0.6) is 0 Å². The summed E-state index contributed by atoms with van der Waals surface area (Å²) in [6.45, 7) is 3.75. The quantitative estimate of drug-likeness (QED) is 0.114. The Morgan fingerprint density at radius 1 is 0.610 bits per heavy atom. The highest BCUT2D eigenvalue weighted by Crippen LogP contribution is 2.31. The van der Waals surface area contributed by atoms with Crippen LogP contribution in [0.25, 0.3) is 33.0 Å². The molecule has 0 bridgehead atoms. The second kappa shape index (κ2) is 11.5. The van der Waals surface area contributed by atoms with Gasteiger partial charge in [0.05, 0.1) is 10.9 Å². The minimum absolute atomic E-state index is 0.00548. The monoisotopic (exact) mass is 558 g/mol. The summed E-state index contributed by atoms with van der Waals surface area (Å²) in [6, 6.07) is 18.3. The topological polar surface area (TPSA) is 0 Å². The van der Waals surface area contributed by atoms with E-state index in [0.717, 1.165) is 30.9 Å². The fourth-order valence-electron chi connectivity index (χ4n) is 4.83. The average Bonchev–Trinajstić information content (AvgIpc) is 2.94. The van der Waals surface area contributed by atoms with Crippen molar-refractivity contribution >= 4 is 10.8 Å². The van der Waals surface area contributed by atoms with Crippen LogP contribution in [0.2, 0.25) is 0 Å². The van der Waals surface area contributed by atoms with Gasteiger partial charge in [0.2, 0.25) is 0 Å². The molecule has 0 N–H and O–H groups in total. The van der Waals surface area contributed by atoms with Gasteiger partial charge >= 0.3 is 0 Å². The molecule has 5 aromatic rings. The zero-order valence-electron chi connectivity index (χ0n) is 22.3. The van der Waals surface area contributed by atoms with Crippen LogP contribution in [0.4, 0.5) is 26.3 Å². The lowest BCUT2D eigenvalue weighted by atomic mass is 9.96. The highest BCUT2D eigenvalue weighted by molar-refractivity contribution is 5.85. The summed E-state index contributed by atoms with van der Waals surface area (Å²) < 4.78 is 86.0. The van der Waals surface area contributed by atoms with E-state index in [4.69, 9.17) is 0 Å². The van der Waals surface area contributed by atoms with Crippen LogP contribution in [-0.2, 0) is 6.42 Å². The number of rotatable bonds is 5. The lowest BCUT2D eigenvalue weighted by Gasteiger charge is -2.10. The van der Waals surface area contributed by atoms with Gasteiger partial charge in [-0.15, -0.1) is 0 Å². The van der Waals surface area contributed by atoms with Crippen molar-refractivity contribution in [2.45, 2.75) is 33.1 Å². The number of benzene rings is 5. The predicted octanol–water partition coefficient (Wildman–Crippen LogP) is 10.1. The predicted molar refractivity (Wildman–Crippen MR) is 150 cm³/mol. The number of halogens is 6. The Morgan fingerprint density at radius 2 is 1.32 bits per heavy atom. The third kappa shape index (κ3) is 5.71. The molecule has 0 atom stereocenters. The molecule has 5 aromatic carbocycles. The van der Waals surface area contributed by atoms with Crippen molar-refractivity contribution in [1.82, 2.24) is 0 Å². The molecule has 0 aliphatic heterocycles. The summed E-state index contributed by atoms with van der Waals surface area (Å²) in [5, 5.41) is -0.914. The third-order valence-corrected chi connectivity index (χ3v) is 7.03. The van der Waals surface area contributed by atoms with Gasteiger partial charge in [-0.2, -0.15) is 0 Å². The van der Waals surface area contributed by atoms with Crippen molar-refractivity contribution < 1.29 is 26.3 Å². The molecule has 0 unspecified atom stereocenters. The van der Waals surface area contributed by atoms with Crippen molar-refractivity contribution in [3.05, 3.63) is 130 Å². The first kappa shape index (κ1) is 28.0. The highest BCUT2D eigenvalue weighted by Gasteiger charge is 2.17. The molecule has 0 aliphatic carbocycles. The Hall–Kier alpha value is -4.50. The summed E-state index contributed by atoms with van der Waals surface area (Å²) in [7, 11) is 0. The first-order valence-corrected chi connectivity index (χ1v) is 13.1. The molecule has 0 aliphatic rings. The molecule has 0 spiro atoms. The van der Waals surface area contributed by atoms with Gasteiger partial charge in [-0.25, -0.2) is 26.3 Å². The molecule has 206 valence electrons. The van der Waals surface area contributed by atoms with E-state index in [1.165, 1.54) is 23.8 Å². The Kier molecular flexibility index (Phi) is 7.90. The van der Waals surface area contributed by atoms with Gasteiger partial charge in [0, 0.05) is 11.1 Å². The van der Waals surface area contributed by atoms with Crippen molar-refractivity contribution in [1.29, 1.82) is 0 Å². The van der Waals surface area contributed by atoms with E-state index in [1.54, 1.807) is 25.1 Å². The van der Waals surface area contributed by atoms with Gasteiger partial charge < -0.3 is 0 Å². The molecule has 0 heterocycles. The summed E-state index contributed by atoms with van der Waals surface area (Å²) in [4.78, 5) is 0. The van der Waals surface area contributed by atoms with Crippen molar-refractivity contribution in [3.8, 4) is 34.1 Å². The Balaban J connectivity index is 1.43. The summed E-state index contributed by atoms with van der Waals surface area (Å²) >= 11 is 0. The van der Waals surface area contributed by atoms with Crippen LogP contribution in [0.1, 0.15) is 42.0 Å². The minimum Gasteiger partial charge on any atom is -0.206 e. The van der Waals surface area contributed by atoms with Crippen molar-refractivity contribution in [2.75, 3.05) is 0 Å². The molecular weight excluding hydrogens is 534 g/mol. The zero-order chi connectivity index (χ0) is 29.3. The molecule has 0 saturated heterocycles. The lowest BCUT2D eigenvalue weighted by Crippen LogP contribution is -1.96. The molecule has 6 heteroatoms. The zero-order valence-corrected chi connectivity index (χ0v) is 22.3. The van der Waals surface area contributed by atoms with Gasteiger partial charge in [-0.05, 0) is 89.4 Å². The Morgan fingerprint density at radius 3 is 2.00 bits per heavy atom. The van der Waals surface area contributed by atoms with E-state index in [-0.39, 0.29) is 22.1 Å². The third-order valence-electron chi connectivity index (χ3n) is 7.03. The summed E-state index contributed by atoms with van der Waals surface area (Å²) in [6.07, 6.45) is 3.21. The first-order valence-electron chi connectivity index (χ1n) is 13.1. The van der Waals surface area contributed by atoms with Gasteiger partial charge in [0.25, 0.3) is 0 Å². The molecule has 0 fully saturated rings. The van der Waals surface area contributed by atoms with Gasteiger partial charge in [-0.1, -0.05) is 61.6 Å². The van der Waals surface area contributed by atoms with Gasteiger partial charge in [-0.3, -0.25) is 0 Å². The van der Waals surface area contributed by atoms with Crippen molar-refractivity contribution in [2.24, 2.45) is 0 Å². The SMILES string of the molecule is CCCCc1ccc(-c2ccc(-c3cc(C)c(C#Cc4cc(F)c5c(F)c(F)c(F)cc5c4)c(F)c3)c(F)c2)cc1. The average molecular weight is 559 g/mol. The highest BCUT2D eigenvalue weighted by atomic mass is 19.2. The van der Waals surface area contributed by atoms with E-state index in [0.29, 0.717) is 22.8 Å². The lowest BCUT2D eigenvalue weighted by molar-refractivity contribution is 0.451. The molecule has 0 amide bonds. The van der Waals surface area contributed by atoms with E-state index < -0.39 is 40.3 Å². The van der Waals surface area contributed by atoms with Gasteiger partial charge in [0.1, 0.15) is 17.5 Å². The molecule has 0 saturated carbocycles. The van der Waals surface area contributed by atoms with Crippen LogP contribution >= 0.6 is 0 Å². The van der Waals surface area contributed by atoms with Crippen molar-refractivity contribution in [3.63, 3.8) is 0 Å². The molecule has 0 aromatic heterocycles. The van der Waals surface area contributed by atoms with Gasteiger partial charge in [0.15, 0.2) is 17.5 Å². The fourth-order valence-corrected chi connectivity index (χ4v) is 4.83. The van der Waals surface area contributed by atoms with Crippen LogP contribution in [0.3, 0.4) is 0 Å². The van der Waals surface area contributed by atoms with Crippen LogP contribution in [0, 0.1) is 53.7 Å². The van der Waals surface area contributed by atoms with E-state index in [2.05, 4.69) is 18.8 Å².